The summed E-state index contributed by atoms with van der Waals surface area (Å²) in [5.74, 6) is 0.749. The van der Waals surface area contributed by atoms with Gasteiger partial charge in [-0.2, -0.15) is 0 Å². The topological polar surface area (TPSA) is 52.1 Å². The number of nitrogens with zero attached hydrogens (tertiary/aromatic N) is 2. The van der Waals surface area contributed by atoms with E-state index >= 15 is 0 Å². The van der Waals surface area contributed by atoms with Crippen molar-refractivity contribution < 1.29 is 9.53 Å². The summed E-state index contributed by atoms with van der Waals surface area (Å²) in [6.45, 7) is 4.23. The number of benzene rings is 2. The number of carbonyl (C=O) groups is 1. The summed E-state index contributed by atoms with van der Waals surface area (Å²) < 4.78 is 5.35. The predicted molar refractivity (Wildman–Crippen MR) is 135 cm³/mol. The van der Waals surface area contributed by atoms with E-state index in [9.17, 15) is 4.79 Å². The van der Waals surface area contributed by atoms with Gasteiger partial charge in [0.25, 0.3) is 0 Å². The molecule has 0 aliphatic carbocycles. The Hall–Kier alpha value is -3.27. The average Bonchev–Trinajstić information content (AvgIpc) is 2.85. The number of hydrogen-bond donors (Lipinski definition) is 0. The van der Waals surface area contributed by atoms with Crippen LogP contribution < -0.4 is 4.74 Å². The lowest BCUT2D eigenvalue weighted by Crippen LogP contribution is -2.08. The van der Waals surface area contributed by atoms with Gasteiger partial charge in [0.15, 0.2) is 11.6 Å². The highest BCUT2D eigenvalue weighted by Gasteiger charge is 2.08. The van der Waals surface area contributed by atoms with Crippen LogP contribution in [0.3, 0.4) is 0 Å². The normalized spacial score (nSPS) is 11.1. The molecule has 0 saturated heterocycles. The molecule has 33 heavy (non-hydrogen) atoms. The maximum absolute atomic E-state index is 12.0. The van der Waals surface area contributed by atoms with Crippen LogP contribution in [0.4, 0.5) is 0 Å². The van der Waals surface area contributed by atoms with Crippen LogP contribution in [-0.4, -0.2) is 15.9 Å². The predicted octanol–water partition coefficient (Wildman–Crippen LogP) is 7.59. The van der Waals surface area contributed by atoms with Gasteiger partial charge in [-0.1, -0.05) is 80.4 Å². The van der Waals surface area contributed by atoms with Crippen LogP contribution in [0.2, 0.25) is 0 Å². The summed E-state index contributed by atoms with van der Waals surface area (Å²) in [6.07, 6.45) is 15.4. The molecular formula is C29H34N2O2. The van der Waals surface area contributed by atoms with Gasteiger partial charge in [0.2, 0.25) is 0 Å². The molecule has 0 N–H and O–H groups in total. The molecule has 2 aromatic carbocycles. The van der Waals surface area contributed by atoms with Crippen LogP contribution in [0.1, 0.15) is 64.4 Å². The molecule has 3 rings (SSSR count). The maximum Gasteiger partial charge on any atom is 0.311 e. The second kappa shape index (κ2) is 13.3. The van der Waals surface area contributed by atoms with Crippen LogP contribution in [0.25, 0.3) is 22.5 Å². The molecule has 3 aromatic rings. The van der Waals surface area contributed by atoms with Crippen molar-refractivity contribution in [2.45, 2.75) is 65.2 Å². The number of esters is 1. The molecule has 0 unspecified atom stereocenters. The minimum Gasteiger partial charge on any atom is -0.423 e. The molecule has 0 radical (unpaired) electrons. The van der Waals surface area contributed by atoms with Gasteiger partial charge in [-0.05, 0) is 55.7 Å². The largest absolute Gasteiger partial charge is 0.423 e. The van der Waals surface area contributed by atoms with Crippen molar-refractivity contribution in [3.63, 3.8) is 0 Å². The molecule has 0 aliphatic rings. The molecule has 0 spiro atoms. The fourth-order valence-electron chi connectivity index (χ4n) is 3.65. The zero-order valence-corrected chi connectivity index (χ0v) is 19.8. The van der Waals surface area contributed by atoms with Gasteiger partial charge in [0.05, 0.1) is 12.4 Å². The van der Waals surface area contributed by atoms with Gasteiger partial charge >= 0.3 is 5.97 Å². The number of carbonyl (C=O) groups excluding carboxylic acids is 1. The van der Waals surface area contributed by atoms with E-state index in [1.54, 1.807) is 12.4 Å². The van der Waals surface area contributed by atoms with E-state index in [0.29, 0.717) is 18.0 Å². The molecule has 172 valence electrons. The van der Waals surface area contributed by atoms with Gasteiger partial charge in [-0.15, -0.1) is 0 Å². The zero-order valence-electron chi connectivity index (χ0n) is 19.8. The van der Waals surface area contributed by atoms with Gasteiger partial charge in [-0.25, -0.2) is 9.97 Å². The number of rotatable bonds is 12. The maximum atomic E-state index is 12.0. The summed E-state index contributed by atoms with van der Waals surface area (Å²) >= 11 is 0. The molecule has 0 amide bonds. The monoisotopic (exact) mass is 442 g/mol. The third kappa shape index (κ3) is 7.98. The van der Waals surface area contributed by atoms with E-state index in [1.807, 2.05) is 25.1 Å². The summed E-state index contributed by atoms with van der Waals surface area (Å²) in [4.78, 5) is 20.7. The van der Waals surface area contributed by atoms with Crippen molar-refractivity contribution in [3.8, 4) is 28.3 Å². The Morgan fingerprint density at radius 3 is 2.12 bits per heavy atom. The summed E-state index contributed by atoms with van der Waals surface area (Å²) in [6, 6.07) is 17.1. The number of allylic oxidation sites excluding steroid dienone is 2. The van der Waals surface area contributed by atoms with Crippen LogP contribution >= 0.6 is 0 Å². The Labute approximate surface area is 197 Å². The first-order valence-electron chi connectivity index (χ1n) is 12.0. The number of hydrogen-bond acceptors (Lipinski definition) is 4. The van der Waals surface area contributed by atoms with Crippen molar-refractivity contribution in [2.24, 2.45) is 0 Å². The Balaban J connectivity index is 1.53. The highest BCUT2D eigenvalue weighted by Crippen LogP contribution is 2.24. The summed E-state index contributed by atoms with van der Waals surface area (Å²) in [5.41, 5.74) is 4.69. The average molecular weight is 443 g/mol. The Kier molecular flexibility index (Phi) is 9.84. The third-order valence-corrected chi connectivity index (χ3v) is 5.60. The molecule has 0 fully saturated rings. The van der Waals surface area contributed by atoms with Crippen LogP contribution in [0, 0.1) is 0 Å². The van der Waals surface area contributed by atoms with E-state index in [-0.39, 0.29) is 5.97 Å². The summed E-state index contributed by atoms with van der Waals surface area (Å²) in [7, 11) is 0. The molecule has 4 nitrogen and oxygen atoms in total. The smallest absolute Gasteiger partial charge is 0.311 e. The van der Waals surface area contributed by atoms with E-state index in [4.69, 9.17) is 4.74 Å². The summed E-state index contributed by atoms with van der Waals surface area (Å²) in [5, 5.41) is 0. The molecular weight excluding hydrogens is 408 g/mol. The zero-order chi connectivity index (χ0) is 23.3. The van der Waals surface area contributed by atoms with Gasteiger partial charge in [0.1, 0.15) is 0 Å². The van der Waals surface area contributed by atoms with Crippen molar-refractivity contribution in [2.75, 3.05) is 0 Å². The second-order valence-corrected chi connectivity index (χ2v) is 8.26. The van der Waals surface area contributed by atoms with Crippen molar-refractivity contribution in [1.29, 1.82) is 0 Å². The molecule has 0 saturated carbocycles. The number of aromatic nitrogens is 2. The van der Waals surface area contributed by atoms with E-state index in [1.165, 1.54) is 36.0 Å². The van der Waals surface area contributed by atoms with Gasteiger partial charge < -0.3 is 4.74 Å². The van der Waals surface area contributed by atoms with Crippen LogP contribution in [-0.2, 0) is 11.2 Å². The minimum atomic E-state index is -0.243. The van der Waals surface area contributed by atoms with Gasteiger partial charge in [-0.3, -0.25) is 4.79 Å². The first-order valence-corrected chi connectivity index (χ1v) is 12.0. The Morgan fingerprint density at radius 1 is 0.848 bits per heavy atom. The highest BCUT2D eigenvalue weighted by atomic mass is 16.5. The number of aryl methyl sites for hydroxylation is 1. The first-order chi connectivity index (χ1) is 16.2. The second-order valence-electron chi connectivity index (χ2n) is 8.26. The molecule has 0 aliphatic heterocycles. The molecule has 4 heteroatoms. The molecule has 0 atom stereocenters. The van der Waals surface area contributed by atoms with E-state index in [2.05, 4.69) is 59.4 Å². The number of unbranched alkanes of at least 4 members (excludes halogenated alkanes) is 4. The lowest BCUT2D eigenvalue weighted by Gasteiger charge is -2.07. The minimum absolute atomic E-state index is 0.243. The standard InChI is InChI=1S/C29H34N2O2/c1-3-5-7-8-10-12-28(32)33-27-21-30-29(31-22-27)26-19-17-25(18-20-26)24-15-13-23(14-16-24)11-9-6-4-2/h3,5,13-22H,4,6-12H2,1-2H3/b5-3+. The fraction of sp³-hybridized carbons (Fsp3) is 0.345. The van der Waals surface area contributed by atoms with Crippen molar-refractivity contribution in [3.05, 3.63) is 78.6 Å². The van der Waals surface area contributed by atoms with Crippen molar-refractivity contribution in [1.82, 2.24) is 9.97 Å². The fourth-order valence-corrected chi connectivity index (χ4v) is 3.65. The third-order valence-electron chi connectivity index (χ3n) is 5.60. The first kappa shape index (κ1) is 24.4. The van der Waals surface area contributed by atoms with Crippen molar-refractivity contribution >= 4 is 5.97 Å². The van der Waals surface area contributed by atoms with Gasteiger partial charge in [0, 0.05) is 12.0 Å². The number of ether oxygens (including phenoxy) is 1. The van der Waals surface area contributed by atoms with E-state index in [0.717, 1.165) is 31.2 Å². The Bertz CT molecular complexity index is 1010. The SMILES string of the molecule is C/C=C/CCCCC(=O)Oc1cnc(-c2ccc(-c3ccc(CCCCC)cc3)cc2)nc1. The Morgan fingerprint density at radius 2 is 1.48 bits per heavy atom. The lowest BCUT2D eigenvalue weighted by atomic mass is 10.0. The molecule has 1 heterocycles. The van der Waals surface area contributed by atoms with Crippen LogP contribution in [0.5, 0.6) is 5.75 Å². The van der Waals surface area contributed by atoms with E-state index < -0.39 is 0 Å². The van der Waals surface area contributed by atoms with Crippen LogP contribution in [0.15, 0.2) is 73.1 Å². The highest BCUT2D eigenvalue weighted by molar-refractivity contribution is 5.72. The molecule has 0 bridgehead atoms. The molecule has 1 aromatic heterocycles. The quantitative estimate of drug-likeness (QED) is 0.165. The lowest BCUT2D eigenvalue weighted by molar-refractivity contribution is -0.134.